The molecule has 1 fully saturated rings. The van der Waals surface area contributed by atoms with Gasteiger partial charge in [0.2, 0.25) is 0 Å². The van der Waals surface area contributed by atoms with E-state index in [0.717, 1.165) is 25.5 Å². The standard InChI is InChI=1S/C7H12N4O/c1-11-5-9-10-7(11)6-4-8-2-3-12-6/h5-6,8H,2-4H2,1H3. The lowest BCUT2D eigenvalue weighted by Gasteiger charge is -2.22. The lowest BCUT2D eigenvalue weighted by molar-refractivity contribution is 0.0203. The van der Waals surface area contributed by atoms with Gasteiger partial charge in [0.15, 0.2) is 5.82 Å². The number of nitrogens with one attached hydrogen (secondary N) is 1. The summed E-state index contributed by atoms with van der Waals surface area (Å²) in [6.45, 7) is 2.50. The van der Waals surface area contributed by atoms with Crippen LogP contribution in [0.15, 0.2) is 6.33 Å². The summed E-state index contributed by atoms with van der Waals surface area (Å²) < 4.78 is 7.40. The molecule has 1 N–H and O–H groups in total. The van der Waals surface area contributed by atoms with Crippen molar-refractivity contribution >= 4 is 0 Å². The van der Waals surface area contributed by atoms with Gasteiger partial charge in [-0.3, -0.25) is 0 Å². The minimum atomic E-state index is 0.0613. The van der Waals surface area contributed by atoms with Gasteiger partial charge in [-0.15, -0.1) is 10.2 Å². The zero-order valence-electron chi connectivity index (χ0n) is 7.03. The molecule has 0 radical (unpaired) electrons. The zero-order chi connectivity index (χ0) is 8.39. The van der Waals surface area contributed by atoms with Crippen LogP contribution in [0.3, 0.4) is 0 Å². The van der Waals surface area contributed by atoms with E-state index in [2.05, 4.69) is 15.5 Å². The quantitative estimate of drug-likeness (QED) is 0.613. The normalized spacial score (nSPS) is 24.2. The van der Waals surface area contributed by atoms with E-state index in [0.29, 0.717) is 0 Å². The molecule has 0 amide bonds. The molecule has 1 aliphatic rings. The Hall–Kier alpha value is -0.940. The third-order valence-electron chi connectivity index (χ3n) is 1.96. The molecule has 0 aromatic carbocycles. The number of ether oxygens (including phenoxy) is 1. The summed E-state index contributed by atoms with van der Waals surface area (Å²) in [5.41, 5.74) is 0. The maximum absolute atomic E-state index is 5.52. The first kappa shape index (κ1) is 7.70. The van der Waals surface area contributed by atoms with E-state index in [-0.39, 0.29) is 6.10 Å². The Morgan fingerprint density at radius 1 is 1.75 bits per heavy atom. The fraction of sp³-hybridized carbons (Fsp3) is 0.714. The smallest absolute Gasteiger partial charge is 0.163 e. The van der Waals surface area contributed by atoms with E-state index in [9.17, 15) is 0 Å². The van der Waals surface area contributed by atoms with Crippen molar-refractivity contribution in [1.29, 1.82) is 0 Å². The van der Waals surface area contributed by atoms with Crippen molar-refractivity contribution in [2.75, 3.05) is 19.7 Å². The van der Waals surface area contributed by atoms with Crippen LogP contribution in [-0.2, 0) is 11.8 Å². The van der Waals surface area contributed by atoms with Crippen LogP contribution in [0.5, 0.6) is 0 Å². The molecule has 0 saturated carbocycles. The highest BCUT2D eigenvalue weighted by molar-refractivity contribution is 4.93. The number of aromatic nitrogens is 3. The number of hydrogen-bond donors (Lipinski definition) is 1. The molecule has 0 aliphatic carbocycles. The number of rotatable bonds is 1. The average molecular weight is 168 g/mol. The Labute approximate surface area is 70.7 Å². The summed E-state index contributed by atoms with van der Waals surface area (Å²) in [6, 6.07) is 0. The van der Waals surface area contributed by atoms with E-state index < -0.39 is 0 Å². The molecule has 1 unspecified atom stereocenters. The lowest BCUT2D eigenvalue weighted by atomic mass is 10.3. The Bertz CT molecular complexity index is 254. The van der Waals surface area contributed by atoms with E-state index in [1.165, 1.54) is 0 Å². The van der Waals surface area contributed by atoms with Gasteiger partial charge in [0.1, 0.15) is 12.4 Å². The van der Waals surface area contributed by atoms with Crippen LogP contribution in [0, 0.1) is 0 Å². The molecule has 1 aliphatic heterocycles. The summed E-state index contributed by atoms with van der Waals surface area (Å²) in [6.07, 6.45) is 1.75. The van der Waals surface area contributed by atoms with Crippen molar-refractivity contribution in [3.05, 3.63) is 12.2 Å². The van der Waals surface area contributed by atoms with Crippen molar-refractivity contribution in [3.8, 4) is 0 Å². The number of nitrogens with zero attached hydrogens (tertiary/aromatic N) is 3. The van der Waals surface area contributed by atoms with Crippen LogP contribution >= 0.6 is 0 Å². The molecule has 0 bridgehead atoms. The number of aryl methyl sites for hydroxylation is 1. The lowest BCUT2D eigenvalue weighted by Crippen LogP contribution is -2.34. The third kappa shape index (κ3) is 1.33. The molecule has 2 rings (SSSR count). The average Bonchev–Trinajstić information content (AvgIpc) is 2.53. The largest absolute Gasteiger partial charge is 0.368 e. The molecule has 1 saturated heterocycles. The van der Waals surface area contributed by atoms with Crippen LogP contribution in [-0.4, -0.2) is 34.5 Å². The highest BCUT2D eigenvalue weighted by Gasteiger charge is 2.19. The first-order chi connectivity index (χ1) is 5.88. The van der Waals surface area contributed by atoms with Crippen molar-refractivity contribution in [1.82, 2.24) is 20.1 Å². The van der Waals surface area contributed by atoms with Crippen LogP contribution in [0.1, 0.15) is 11.9 Å². The SMILES string of the molecule is Cn1cnnc1C1CNCCO1. The van der Waals surface area contributed by atoms with Crippen LogP contribution in [0.2, 0.25) is 0 Å². The van der Waals surface area contributed by atoms with Gasteiger partial charge in [0.25, 0.3) is 0 Å². The fourth-order valence-corrected chi connectivity index (χ4v) is 1.31. The van der Waals surface area contributed by atoms with Gasteiger partial charge in [0, 0.05) is 20.1 Å². The Balaban J connectivity index is 2.13. The molecule has 5 heteroatoms. The molecular formula is C7H12N4O. The Kier molecular flexibility index (Phi) is 2.05. The maximum atomic E-state index is 5.52. The molecular weight excluding hydrogens is 156 g/mol. The van der Waals surface area contributed by atoms with E-state index in [4.69, 9.17) is 4.74 Å². The second-order valence-electron chi connectivity index (χ2n) is 2.86. The van der Waals surface area contributed by atoms with Crippen molar-refractivity contribution < 1.29 is 4.74 Å². The molecule has 66 valence electrons. The number of hydrogen-bond acceptors (Lipinski definition) is 4. The van der Waals surface area contributed by atoms with E-state index in [1.807, 2.05) is 11.6 Å². The Morgan fingerprint density at radius 3 is 3.25 bits per heavy atom. The van der Waals surface area contributed by atoms with Crippen molar-refractivity contribution in [2.45, 2.75) is 6.10 Å². The molecule has 5 nitrogen and oxygen atoms in total. The van der Waals surface area contributed by atoms with Crippen molar-refractivity contribution in [2.24, 2.45) is 7.05 Å². The summed E-state index contributed by atoms with van der Waals surface area (Å²) >= 11 is 0. The van der Waals surface area contributed by atoms with Crippen molar-refractivity contribution in [3.63, 3.8) is 0 Å². The van der Waals surface area contributed by atoms with Gasteiger partial charge in [0.05, 0.1) is 6.61 Å². The molecule has 1 aromatic rings. The molecule has 12 heavy (non-hydrogen) atoms. The van der Waals surface area contributed by atoms with Gasteiger partial charge in [-0.25, -0.2) is 0 Å². The summed E-state index contributed by atoms with van der Waals surface area (Å²) in [5.74, 6) is 0.891. The van der Waals surface area contributed by atoms with E-state index in [1.54, 1.807) is 6.33 Å². The van der Waals surface area contributed by atoms with Gasteiger partial charge in [-0.2, -0.15) is 0 Å². The second kappa shape index (κ2) is 3.20. The molecule has 1 atom stereocenters. The summed E-state index contributed by atoms with van der Waals surface area (Å²) in [5, 5.41) is 11.0. The fourth-order valence-electron chi connectivity index (χ4n) is 1.31. The van der Waals surface area contributed by atoms with Crippen LogP contribution in [0.4, 0.5) is 0 Å². The molecule has 0 spiro atoms. The topological polar surface area (TPSA) is 52.0 Å². The predicted molar refractivity (Wildman–Crippen MR) is 42.6 cm³/mol. The third-order valence-corrected chi connectivity index (χ3v) is 1.96. The first-order valence-corrected chi connectivity index (χ1v) is 4.04. The zero-order valence-corrected chi connectivity index (χ0v) is 7.03. The highest BCUT2D eigenvalue weighted by Crippen LogP contribution is 2.14. The Morgan fingerprint density at radius 2 is 2.67 bits per heavy atom. The minimum absolute atomic E-state index is 0.0613. The monoisotopic (exact) mass is 168 g/mol. The molecule has 2 heterocycles. The molecule has 1 aromatic heterocycles. The van der Waals surface area contributed by atoms with Gasteiger partial charge in [-0.1, -0.05) is 0 Å². The second-order valence-corrected chi connectivity index (χ2v) is 2.86. The summed E-state index contributed by atoms with van der Waals surface area (Å²) in [7, 11) is 1.92. The van der Waals surface area contributed by atoms with Gasteiger partial charge < -0.3 is 14.6 Å². The summed E-state index contributed by atoms with van der Waals surface area (Å²) in [4.78, 5) is 0. The van der Waals surface area contributed by atoms with Crippen LogP contribution in [0.25, 0.3) is 0 Å². The number of morpholine rings is 1. The van der Waals surface area contributed by atoms with Gasteiger partial charge in [-0.05, 0) is 0 Å². The van der Waals surface area contributed by atoms with Gasteiger partial charge >= 0.3 is 0 Å². The van der Waals surface area contributed by atoms with Crippen LogP contribution < -0.4 is 5.32 Å². The first-order valence-electron chi connectivity index (χ1n) is 4.04. The maximum Gasteiger partial charge on any atom is 0.163 e. The highest BCUT2D eigenvalue weighted by atomic mass is 16.5. The van der Waals surface area contributed by atoms with E-state index >= 15 is 0 Å². The predicted octanol–water partition coefficient (Wildman–Crippen LogP) is -0.524. The minimum Gasteiger partial charge on any atom is -0.368 e.